The van der Waals surface area contributed by atoms with Crippen LogP contribution in [0.1, 0.15) is 41.5 Å². The standard InChI is InChI=1S/C10H21IN2S/c1-7-12(10(4,5)6)9(14)13(11)8(2)3/h8H,7H2,1-6H3. The van der Waals surface area contributed by atoms with Gasteiger partial charge in [-0.3, -0.25) is 3.11 Å². The van der Waals surface area contributed by atoms with E-state index in [0.717, 1.165) is 11.7 Å². The van der Waals surface area contributed by atoms with Crippen molar-refractivity contribution in [3.8, 4) is 0 Å². The highest BCUT2D eigenvalue weighted by Crippen LogP contribution is 2.19. The fourth-order valence-corrected chi connectivity index (χ4v) is 2.11. The van der Waals surface area contributed by atoms with Crippen molar-refractivity contribution in [2.75, 3.05) is 6.54 Å². The van der Waals surface area contributed by atoms with Crippen LogP contribution in [0.25, 0.3) is 0 Å². The monoisotopic (exact) mass is 328 g/mol. The molecule has 0 radical (unpaired) electrons. The van der Waals surface area contributed by atoms with Crippen molar-refractivity contribution in [1.29, 1.82) is 0 Å². The molecule has 0 aliphatic carbocycles. The zero-order chi connectivity index (χ0) is 11.5. The SMILES string of the molecule is CCN(C(=S)N(I)C(C)C)C(C)(C)C. The van der Waals surface area contributed by atoms with Gasteiger partial charge in [-0.2, -0.15) is 0 Å². The largest absolute Gasteiger partial charge is 0.344 e. The molecule has 2 nitrogen and oxygen atoms in total. The highest BCUT2D eigenvalue weighted by atomic mass is 127. The number of hydrogen-bond acceptors (Lipinski definition) is 1. The molecule has 0 aliphatic heterocycles. The molecule has 0 bridgehead atoms. The molecule has 84 valence electrons. The van der Waals surface area contributed by atoms with Gasteiger partial charge >= 0.3 is 0 Å². The fourth-order valence-electron chi connectivity index (χ4n) is 1.23. The molecule has 0 atom stereocenters. The predicted octanol–water partition coefficient (Wildman–Crippen LogP) is 3.45. The first-order valence-corrected chi connectivity index (χ1v) is 6.35. The smallest absolute Gasteiger partial charge is 0.181 e. The number of hydrogen-bond donors (Lipinski definition) is 0. The van der Waals surface area contributed by atoms with Crippen LogP contribution in [0, 0.1) is 0 Å². The van der Waals surface area contributed by atoms with Crippen LogP contribution >= 0.6 is 35.1 Å². The normalized spacial score (nSPS) is 11.7. The van der Waals surface area contributed by atoms with E-state index in [2.05, 4.69) is 72.4 Å². The Kier molecular flexibility index (Phi) is 5.65. The maximum Gasteiger partial charge on any atom is 0.181 e. The average molecular weight is 328 g/mol. The number of thiocarbonyl (C=S) groups is 1. The van der Waals surface area contributed by atoms with Gasteiger partial charge in [0.15, 0.2) is 5.11 Å². The second-order valence-electron chi connectivity index (χ2n) is 4.60. The Morgan fingerprint density at radius 1 is 1.36 bits per heavy atom. The van der Waals surface area contributed by atoms with Crippen LogP contribution in [0.3, 0.4) is 0 Å². The molecule has 0 heterocycles. The van der Waals surface area contributed by atoms with Gasteiger partial charge in [0.05, 0.1) is 22.9 Å². The van der Waals surface area contributed by atoms with Crippen LogP contribution in [-0.2, 0) is 0 Å². The third-order valence-corrected chi connectivity index (χ3v) is 4.31. The highest BCUT2D eigenvalue weighted by molar-refractivity contribution is 14.1. The van der Waals surface area contributed by atoms with Crippen LogP contribution in [0.5, 0.6) is 0 Å². The second kappa shape index (κ2) is 5.49. The van der Waals surface area contributed by atoms with Crippen LogP contribution in [0.4, 0.5) is 0 Å². The Balaban J connectivity index is 4.64. The molecule has 0 saturated heterocycles. The molecule has 4 heteroatoms. The topological polar surface area (TPSA) is 6.48 Å². The third kappa shape index (κ3) is 3.88. The van der Waals surface area contributed by atoms with Crippen molar-refractivity contribution in [2.24, 2.45) is 0 Å². The van der Waals surface area contributed by atoms with Gasteiger partial charge in [-0.1, -0.05) is 0 Å². The van der Waals surface area contributed by atoms with Crippen molar-refractivity contribution in [2.45, 2.75) is 53.1 Å². The molecule has 0 saturated carbocycles. The van der Waals surface area contributed by atoms with Gasteiger partial charge in [-0.05, 0) is 53.8 Å². The lowest BCUT2D eigenvalue weighted by atomic mass is 10.1. The minimum Gasteiger partial charge on any atom is -0.344 e. The van der Waals surface area contributed by atoms with Crippen LogP contribution in [-0.4, -0.2) is 31.3 Å². The lowest BCUT2D eigenvalue weighted by Crippen LogP contribution is -2.50. The first kappa shape index (κ1) is 14.4. The lowest BCUT2D eigenvalue weighted by Gasteiger charge is -2.40. The van der Waals surface area contributed by atoms with Gasteiger partial charge in [0.2, 0.25) is 0 Å². The summed E-state index contributed by atoms with van der Waals surface area (Å²) in [5.74, 6) is 0. The number of rotatable bonds is 2. The summed E-state index contributed by atoms with van der Waals surface area (Å²) in [6, 6.07) is 0.444. The summed E-state index contributed by atoms with van der Waals surface area (Å²) in [7, 11) is 0. The molecular formula is C10H21IN2S. The molecule has 0 aromatic heterocycles. The van der Waals surface area contributed by atoms with E-state index in [1.807, 2.05) is 0 Å². The summed E-state index contributed by atoms with van der Waals surface area (Å²) in [6.45, 7) is 14.0. The minimum absolute atomic E-state index is 0.101. The first-order chi connectivity index (χ1) is 6.21. The molecule has 0 N–H and O–H groups in total. The molecule has 14 heavy (non-hydrogen) atoms. The predicted molar refractivity (Wildman–Crippen MR) is 75.7 cm³/mol. The Morgan fingerprint density at radius 2 is 1.79 bits per heavy atom. The van der Waals surface area contributed by atoms with Crippen molar-refractivity contribution in [1.82, 2.24) is 8.01 Å². The van der Waals surface area contributed by atoms with E-state index < -0.39 is 0 Å². The lowest BCUT2D eigenvalue weighted by molar-refractivity contribution is 0.234. The molecule has 0 amide bonds. The van der Waals surface area contributed by atoms with E-state index in [1.54, 1.807) is 0 Å². The summed E-state index contributed by atoms with van der Waals surface area (Å²) < 4.78 is 2.11. The molecule has 0 spiro atoms. The van der Waals surface area contributed by atoms with Gasteiger partial charge in [0.1, 0.15) is 0 Å². The molecule has 0 aromatic carbocycles. The van der Waals surface area contributed by atoms with Crippen LogP contribution in [0.15, 0.2) is 0 Å². The first-order valence-electron chi connectivity index (χ1n) is 4.98. The second-order valence-corrected chi connectivity index (χ2v) is 6.01. The van der Waals surface area contributed by atoms with E-state index in [1.165, 1.54) is 0 Å². The van der Waals surface area contributed by atoms with Crippen LogP contribution in [0.2, 0.25) is 0 Å². The quantitative estimate of drug-likeness (QED) is 0.435. The molecule has 0 rings (SSSR count). The van der Waals surface area contributed by atoms with Gasteiger partial charge < -0.3 is 4.90 Å². The molecule has 0 unspecified atom stereocenters. The maximum absolute atomic E-state index is 5.47. The van der Waals surface area contributed by atoms with Crippen LogP contribution < -0.4 is 0 Å². The summed E-state index contributed by atoms with van der Waals surface area (Å²) in [4.78, 5) is 2.24. The highest BCUT2D eigenvalue weighted by Gasteiger charge is 2.25. The van der Waals surface area contributed by atoms with Gasteiger partial charge in [0.25, 0.3) is 0 Å². The van der Waals surface area contributed by atoms with Gasteiger partial charge in [-0.25, -0.2) is 0 Å². The average Bonchev–Trinajstić information content (AvgIpc) is 2.01. The molecule has 0 aliphatic rings. The number of halogens is 1. The number of nitrogens with zero attached hydrogens (tertiary/aromatic N) is 2. The van der Waals surface area contributed by atoms with Gasteiger partial charge in [-0.15, -0.1) is 0 Å². The van der Waals surface area contributed by atoms with E-state index in [-0.39, 0.29) is 5.54 Å². The fraction of sp³-hybridized carbons (Fsp3) is 0.900. The summed E-state index contributed by atoms with van der Waals surface area (Å²) in [5, 5.41) is 0.926. The Bertz CT molecular complexity index is 199. The Hall–Kier alpha value is 0.420. The maximum atomic E-state index is 5.47. The van der Waals surface area contributed by atoms with Crippen molar-refractivity contribution < 1.29 is 0 Å². The van der Waals surface area contributed by atoms with E-state index in [4.69, 9.17) is 12.2 Å². The molecule has 0 fully saturated rings. The molecular weight excluding hydrogens is 307 g/mol. The summed E-state index contributed by atoms with van der Waals surface area (Å²) in [5.41, 5.74) is 0.101. The Morgan fingerprint density at radius 3 is 2.00 bits per heavy atom. The van der Waals surface area contributed by atoms with Crippen molar-refractivity contribution >= 4 is 40.2 Å². The summed E-state index contributed by atoms with van der Waals surface area (Å²) >= 11 is 7.75. The zero-order valence-corrected chi connectivity index (χ0v) is 12.9. The van der Waals surface area contributed by atoms with Gasteiger partial charge in [0, 0.05) is 18.1 Å². The van der Waals surface area contributed by atoms with Crippen molar-refractivity contribution in [3.63, 3.8) is 0 Å². The van der Waals surface area contributed by atoms with Crippen molar-refractivity contribution in [3.05, 3.63) is 0 Å². The summed E-state index contributed by atoms with van der Waals surface area (Å²) in [6.07, 6.45) is 0. The van der Waals surface area contributed by atoms with E-state index in [0.29, 0.717) is 6.04 Å². The molecule has 0 aromatic rings. The van der Waals surface area contributed by atoms with E-state index >= 15 is 0 Å². The minimum atomic E-state index is 0.101. The zero-order valence-electron chi connectivity index (χ0n) is 9.97. The van der Waals surface area contributed by atoms with E-state index in [9.17, 15) is 0 Å². The Labute approximate surface area is 108 Å². The third-order valence-electron chi connectivity index (χ3n) is 1.99.